The quantitative estimate of drug-likeness (QED) is 0.328. The molecule has 6 N–H and O–H groups in total. The second-order valence-corrected chi connectivity index (χ2v) is 9.80. The number of hydrogen-bond acceptors (Lipinski definition) is 10. The van der Waals surface area contributed by atoms with Gasteiger partial charge in [-0.1, -0.05) is 24.3 Å². The van der Waals surface area contributed by atoms with Crippen LogP contribution >= 0.6 is 0 Å². The van der Waals surface area contributed by atoms with Crippen molar-refractivity contribution in [2.24, 2.45) is 5.73 Å². The van der Waals surface area contributed by atoms with Crippen LogP contribution in [0.3, 0.4) is 0 Å². The van der Waals surface area contributed by atoms with Crippen LogP contribution in [-0.4, -0.2) is 67.9 Å². The maximum atomic E-state index is 13.3. The average molecular weight is 498 g/mol. The van der Waals surface area contributed by atoms with Gasteiger partial charge in [-0.25, -0.2) is 0 Å². The molecule has 0 radical (unpaired) electrons. The van der Waals surface area contributed by atoms with E-state index < -0.39 is 71.5 Å². The van der Waals surface area contributed by atoms with Crippen LogP contribution in [0.15, 0.2) is 24.3 Å². The first-order chi connectivity index (χ1) is 16.9. The number of rotatable bonds is 3. The molecule has 0 bridgehead atoms. The van der Waals surface area contributed by atoms with Crippen LogP contribution in [0.2, 0.25) is 0 Å². The van der Waals surface area contributed by atoms with Gasteiger partial charge >= 0.3 is 0 Å². The van der Waals surface area contributed by atoms with Crippen LogP contribution in [0.5, 0.6) is 11.5 Å². The summed E-state index contributed by atoms with van der Waals surface area (Å²) >= 11 is 0. The highest BCUT2D eigenvalue weighted by molar-refractivity contribution is 6.30. The van der Waals surface area contributed by atoms with E-state index in [-0.39, 0.29) is 46.2 Å². The molecule has 10 heteroatoms. The van der Waals surface area contributed by atoms with Crippen molar-refractivity contribution >= 4 is 17.3 Å². The molecule has 36 heavy (non-hydrogen) atoms. The predicted molar refractivity (Wildman–Crippen MR) is 124 cm³/mol. The number of aromatic hydroxyl groups is 2. The van der Waals surface area contributed by atoms with Crippen molar-refractivity contribution in [3.63, 3.8) is 0 Å². The first kappa shape index (κ1) is 24.5. The third-order valence-electron chi connectivity index (χ3n) is 7.50. The number of ether oxygens (including phenoxy) is 2. The molecule has 2 aliphatic carbocycles. The molecule has 1 aliphatic heterocycles. The van der Waals surface area contributed by atoms with Crippen molar-refractivity contribution in [2.75, 3.05) is 0 Å². The van der Waals surface area contributed by atoms with E-state index in [0.29, 0.717) is 0 Å². The minimum absolute atomic E-state index is 0.00588. The molecule has 5 rings (SSSR count). The first-order valence-corrected chi connectivity index (χ1v) is 11.7. The normalized spacial score (nSPS) is 31.4. The minimum atomic E-state index is -1.97. The van der Waals surface area contributed by atoms with E-state index in [2.05, 4.69) is 0 Å². The summed E-state index contributed by atoms with van der Waals surface area (Å²) in [6, 6.07) is 5.40. The van der Waals surface area contributed by atoms with E-state index in [1.807, 2.05) is 0 Å². The van der Waals surface area contributed by atoms with Gasteiger partial charge in [0.1, 0.15) is 17.1 Å². The van der Waals surface area contributed by atoms with Crippen molar-refractivity contribution in [2.45, 2.75) is 69.4 Å². The fourth-order valence-electron chi connectivity index (χ4n) is 5.42. The summed E-state index contributed by atoms with van der Waals surface area (Å²) in [5.41, 5.74) is 3.38. The van der Waals surface area contributed by atoms with E-state index in [0.717, 1.165) is 0 Å². The van der Waals surface area contributed by atoms with Gasteiger partial charge in [0.25, 0.3) is 0 Å². The number of carbonyl (C=O) groups is 3. The fraction of sp³-hybridized carbons (Fsp3) is 0.423. The molecular formula is C26H27NO9. The molecule has 190 valence electrons. The number of phenolic OH excluding ortho intramolecular Hbond substituents is 2. The van der Waals surface area contributed by atoms with Gasteiger partial charge in [0.05, 0.1) is 29.4 Å². The van der Waals surface area contributed by atoms with Crippen LogP contribution in [-0.2, 0) is 20.7 Å². The topological polar surface area (TPSA) is 177 Å². The Kier molecular flexibility index (Phi) is 5.77. The molecule has 1 heterocycles. The molecule has 0 spiro atoms. The van der Waals surface area contributed by atoms with Crippen molar-refractivity contribution in [1.29, 1.82) is 0 Å². The van der Waals surface area contributed by atoms with Crippen molar-refractivity contribution < 1.29 is 44.3 Å². The zero-order chi connectivity index (χ0) is 26.1. The molecule has 10 nitrogen and oxygen atoms in total. The number of nitrogens with two attached hydrogens (primary N) is 1. The van der Waals surface area contributed by atoms with E-state index in [1.54, 1.807) is 19.1 Å². The molecule has 1 unspecified atom stereocenters. The Morgan fingerprint density at radius 1 is 1.11 bits per heavy atom. The zero-order valence-electron chi connectivity index (χ0n) is 19.7. The number of Topliss-reactive ketones (excluding diaryl/α,β-unsaturated/α-hetero) is 1. The lowest BCUT2D eigenvalue weighted by atomic mass is 9.72. The number of hydrogen-bond donors (Lipinski definition) is 5. The summed E-state index contributed by atoms with van der Waals surface area (Å²) < 4.78 is 11.8. The van der Waals surface area contributed by atoms with Gasteiger partial charge in [-0.2, -0.15) is 0 Å². The Hall–Kier alpha value is -3.15. The van der Waals surface area contributed by atoms with Crippen LogP contribution in [0.25, 0.3) is 0 Å². The molecule has 2 aromatic carbocycles. The Labute approximate surface area is 206 Å². The summed E-state index contributed by atoms with van der Waals surface area (Å²) in [5, 5.41) is 43.8. The Morgan fingerprint density at radius 3 is 2.25 bits per heavy atom. The lowest BCUT2D eigenvalue weighted by molar-refractivity contribution is -0.247. The molecule has 0 aromatic heterocycles. The largest absolute Gasteiger partial charge is 0.507 e. The van der Waals surface area contributed by atoms with Crippen LogP contribution in [0.1, 0.15) is 75.8 Å². The molecule has 0 amide bonds. The predicted octanol–water partition coefficient (Wildman–Crippen LogP) is 1.02. The Morgan fingerprint density at radius 2 is 1.69 bits per heavy atom. The fourth-order valence-corrected chi connectivity index (χ4v) is 5.42. The maximum absolute atomic E-state index is 13.3. The van der Waals surface area contributed by atoms with E-state index in [1.165, 1.54) is 19.1 Å². The SMILES string of the molecule is CC(=O)[C@]1(O)Cc2c(O)c3c(c(O)c2C(O[C@H]2C[C@H](N)[C@H](O)[C@H](C)O2)C1)C(=O)c1ccccc1C3=O. The lowest BCUT2D eigenvalue weighted by Crippen LogP contribution is -2.52. The van der Waals surface area contributed by atoms with Crippen LogP contribution in [0.4, 0.5) is 0 Å². The van der Waals surface area contributed by atoms with Gasteiger partial charge in [0, 0.05) is 47.6 Å². The van der Waals surface area contributed by atoms with Crippen molar-refractivity contribution in [3.8, 4) is 11.5 Å². The summed E-state index contributed by atoms with van der Waals surface area (Å²) in [4.78, 5) is 39.0. The molecule has 3 aliphatic rings. The van der Waals surface area contributed by atoms with Crippen molar-refractivity contribution in [3.05, 3.63) is 57.6 Å². The van der Waals surface area contributed by atoms with E-state index in [4.69, 9.17) is 15.2 Å². The maximum Gasteiger partial charge on any atom is 0.198 e. The molecule has 2 aromatic rings. The summed E-state index contributed by atoms with van der Waals surface area (Å²) in [7, 11) is 0. The monoisotopic (exact) mass is 497 g/mol. The van der Waals surface area contributed by atoms with Crippen LogP contribution < -0.4 is 5.73 Å². The van der Waals surface area contributed by atoms with Gasteiger partial charge < -0.3 is 35.6 Å². The van der Waals surface area contributed by atoms with Gasteiger partial charge in [0.2, 0.25) is 0 Å². The number of aliphatic hydroxyl groups is 2. The van der Waals surface area contributed by atoms with Gasteiger partial charge in [-0.05, 0) is 13.8 Å². The molecule has 0 saturated carbocycles. The van der Waals surface area contributed by atoms with Crippen LogP contribution in [0, 0.1) is 0 Å². The highest BCUT2D eigenvalue weighted by Crippen LogP contribution is 2.51. The standard InChI is InChI=1S/C26H27NO9/c1-10-21(29)15(27)7-17(35-10)36-16-9-26(34,11(2)28)8-14-18(16)25(33)20-19(24(14)32)22(30)12-5-3-4-6-13(12)23(20)31/h3-6,10,15-17,21,29,32-34H,7-9,27H2,1-2H3/t10-,15-,16?,17-,21+,26-/m0/s1. The third kappa shape index (κ3) is 3.56. The van der Waals surface area contributed by atoms with Gasteiger partial charge in [0.15, 0.2) is 23.6 Å². The Balaban J connectivity index is 1.66. The highest BCUT2D eigenvalue weighted by Gasteiger charge is 2.49. The average Bonchev–Trinajstić information content (AvgIpc) is 2.82. The zero-order valence-corrected chi connectivity index (χ0v) is 19.7. The molecule has 6 atom stereocenters. The highest BCUT2D eigenvalue weighted by atomic mass is 16.7. The summed E-state index contributed by atoms with van der Waals surface area (Å²) in [6.45, 7) is 2.80. The first-order valence-electron chi connectivity index (χ1n) is 11.7. The second-order valence-electron chi connectivity index (χ2n) is 9.80. The summed E-state index contributed by atoms with van der Waals surface area (Å²) in [5.74, 6) is -3.06. The Bertz CT molecular complexity index is 1290. The summed E-state index contributed by atoms with van der Waals surface area (Å²) in [6.07, 6.45) is -4.38. The van der Waals surface area contributed by atoms with E-state index in [9.17, 15) is 34.8 Å². The van der Waals surface area contributed by atoms with Crippen molar-refractivity contribution in [1.82, 2.24) is 0 Å². The minimum Gasteiger partial charge on any atom is -0.507 e. The molecular weight excluding hydrogens is 470 g/mol. The number of carbonyl (C=O) groups excluding carboxylic acids is 3. The van der Waals surface area contributed by atoms with E-state index >= 15 is 0 Å². The smallest absolute Gasteiger partial charge is 0.198 e. The lowest BCUT2D eigenvalue weighted by Gasteiger charge is -2.42. The van der Waals surface area contributed by atoms with Gasteiger partial charge in [-0.15, -0.1) is 0 Å². The molecule has 1 fully saturated rings. The number of phenols is 2. The number of ketones is 3. The second kappa shape index (κ2) is 8.46. The van der Waals surface area contributed by atoms with Gasteiger partial charge in [-0.3, -0.25) is 14.4 Å². The molecule has 1 saturated heterocycles. The number of fused-ring (bicyclic) bond motifs is 3. The third-order valence-corrected chi connectivity index (χ3v) is 7.50. The number of aliphatic hydroxyl groups excluding tert-OH is 1. The number of benzene rings is 2.